The summed E-state index contributed by atoms with van der Waals surface area (Å²) in [5, 5.41) is 19.8. The molecule has 28 heavy (non-hydrogen) atoms. The Hall–Kier alpha value is -2.93. The van der Waals surface area contributed by atoms with Crippen molar-refractivity contribution in [1.29, 1.82) is 0 Å². The number of amides is 2. The summed E-state index contributed by atoms with van der Waals surface area (Å²) in [6, 6.07) is 11.4. The summed E-state index contributed by atoms with van der Waals surface area (Å²) < 4.78 is 0. The predicted molar refractivity (Wildman–Crippen MR) is 105 cm³/mol. The molecule has 144 valence electrons. The number of hydrogen-bond donors (Lipinski definition) is 2. The van der Waals surface area contributed by atoms with Gasteiger partial charge in [0.2, 0.25) is 0 Å². The number of benzene rings is 2. The molecule has 0 saturated carbocycles. The molecule has 0 bridgehead atoms. The van der Waals surface area contributed by atoms with E-state index in [2.05, 4.69) is 4.90 Å². The molecular weight excluding hydrogens is 382 g/mol. The molecule has 2 unspecified atom stereocenters. The molecule has 0 spiro atoms. The summed E-state index contributed by atoms with van der Waals surface area (Å²) in [6.45, 7) is 1.07. The Bertz CT molecular complexity index is 1010. The Balaban J connectivity index is 1.76. The molecule has 2 aromatic rings. The number of rotatable bonds is 0. The first-order chi connectivity index (χ1) is 13.5. The van der Waals surface area contributed by atoms with E-state index in [1.165, 1.54) is 9.80 Å². The summed E-state index contributed by atoms with van der Waals surface area (Å²) in [7, 11) is 0. The van der Waals surface area contributed by atoms with Gasteiger partial charge in [-0.25, -0.2) is 9.59 Å². The van der Waals surface area contributed by atoms with Gasteiger partial charge < -0.3 is 20.0 Å². The third-order valence-corrected chi connectivity index (χ3v) is 6.22. The van der Waals surface area contributed by atoms with Gasteiger partial charge in [0.1, 0.15) is 0 Å². The van der Waals surface area contributed by atoms with E-state index in [4.69, 9.17) is 11.6 Å². The van der Waals surface area contributed by atoms with E-state index in [1.807, 2.05) is 30.3 Å². The minimum Gasteiger partial charge on any atom is -0.465 e. The number of likely N-dealkylation sites (tertiary alicyclic amines) is 1. The van der Waals surface area contributed by atoms with Gasteiger partial charge in [0.05, 0.1) is 17.9 Å². The Morgan fingerprint density at radius 2 is 1.86 bits per heavy atom. The van der Waals surface area contributed by atoms with Crippen molar-refractivity contribution in [2.24, 2.45) is 0 Å². The van der Waals surface area contributed by atoms with Crippen LogP contribution in [0.2, 0.25) is 5.02 Å². The van der Waals surface area contributed by atoms with Gasteiger partial charge in [0.25, 0.3) is 0 Å². The number of fused-ring (bicyclic) bond motifs is 5. The highest BCUT2D eigenvalue weighted by Crippen LogP contribution is 2.55. The fourth-order valence-corrected chi connectivity index (χ4v) is 5.08. The van der Waals surface area contributed by atoms with Crippen LogP contribution in [0.15, 0.2) is 36.4 Å². The lowest BCUT2D eigenvalue weighted by atomic mass is 9.88. The first-order valence-electron chi connectivity index (χ1n) is 9.14. The van der Waals surface area contributed by atoms with E-state index in [0.29, 0.717) is 30.2 Å². The molecule has 2 aromatic carbocycles. The van der Waals surface area contributed by atoms with Crippen molar-refractivity contribution in [2.45, 2.75) is 24.9 Å². The monoisotopic (exact) mass is 399 g/mol. The quantitative estimate of drug-likeness (QED) is 0.689. The minimum absolute atomic E-state index is 0.0564. The van der Waals surface area contributed by atoms with Crippen molar-refractivity contribution >= 4 is 40.8 Å². The van der Waals surface area contributed by atoms with Crippen LogP contribution in [-0.2, 0) is 6.54 Å². The molecule has 1 fully saturated rings. The molecule has 3 aliphatic rings. The number of hydrogen-bond acceptors (Lipinski definition) is 3. The summed E-state index contributed by atoms with van der Waals surface area (Å²) >= 11 is 6.38. The first kappa shape index (κ1) is 17.2. The number of nitrogens with zero attached hydrogens (tertiary/aromatic N) is 3. The fourth-order valence-electron chi connectivity index (χ4n) is 4.86. The summed E-state index contributed by atoms with van der Waals surface area (Å²) in [6.07, 6.45) is -1.30. The molecule has 3 heterocycles. The third kappa shape index (κ3) is 2.36. The lowest BCUT2D eigenvalue weighted by Gasteiger charge is -2.38. The first-order valence-corrected chi connectivity index (χ1v) is 9.52. The maximum atomic E-state index is 12.1. The smallest absolute Gasteiger partial charge is 0.412 e. The van der Waals surface area contributed by atoms with E-state index in [1.54, 1.807) is 6.07 Å². The second-order valence-corrected chi connectivity index (χ2v) is 7.86. The van der Waals surface area contributed by atoms with Gasteiger partial charge in [0, 0.05) is 35.8 Å². The predicted octanol–water partition coefficient (Wildman–Crippen LogP) is 4.33. The van der Waals surface area contributed by atoms with Crippen molar-refractivity contribution in [3.05, 3.63) is 52.5 Å². The van der Waals surface area contributed by atoms with E-state index >= 15 is 0 Å². The molecule has 2 N–H and O–H groups in total. The number of halogens is 1. The van der Waals surface area contributed by atoms with Crippen LogP contribution in [0, 0.1) is 0 Å². The zero-order valence-corrected chi connectivity index (χ0v) is 15.6. The number of carbonyl (C=O) groups is 2. The summed E-state index contributed by atoms with van der Waals surface area (Å²) in [5.74, 6) is -0.0564. The molecule has 5 rings (SSSR count). The standard InChI is InChI=1S/C20H18ClN3O4/c21-12-7-13-14-10-22(19(25)26)6-5-16(14)24-15-4-2-1-3-11(15)9-23(20(27)28)17(8-12)18(13)24/h1-4,7-8,14,16H,5-6,9-10H2,(H,25,26)(H,27,28). The van der Waals surface area contributed by atoms with Crippen LogP contribution in [0.1, 0.15) is 23.5 Å². The second-order valence-electron chi connectivity index (χ2n) is 7.42. The van der Waals surface area contributed by atoms with Crippen LogP contribution in [0.5, 0.6) is 0 Å². The molecule has 1 saturated heterocycles. The van der Waals surface area contributed by atoms with Gasteiger partial charge in [-0.3, -0.25) is 4.90 Å². The molecule has 0 aliphatic carbocycles. The molecule has 0 aromatic heterocycles. The lowest BCUT2D eigenvalue weighted by Crippen LogP contribution is -2.46. The van der Waals surface area contributed by atoms with Crippen molar-refractivity contribution in [3.8, 4) is 0 Å². The molecule has 2 atom stereocenters. The van der Waals surface area contributed by atoms with Crippen LogP contribution in [0.4, 0.5) is 26.7 Å². The average Bonchev–Trinajstić information content (AvgIpc) is 2.90. The van der Waals surface area contributed by atoms with E-state index < -0.39 is 12.2 Å². The van der Waals surface area contributed by atoms with Gasteiger partial charge in [0.15, 0.2) is 0 Å². The zero-order chi connectivity index (χ0) is 19.6. The topological polar surface area (TPSA) is 84.3 Å². The van der Waals surface area contributed by atoms with E-state index in [-0.39, 0.29) is 18.5 Å². The maximum absolute atomic E-state index is 12.1. The number of para-hydroxylation sites is 1. The van der Waals surface area contributed by atoms with Crippen molar-refractivity contribution in [2.75, 3.05) is 22.9 Å². The van der Waals surface area contributed by atoms with Crippen molar-refractivity contribution < 1.29 is 19.8 Å². The Morgan fingerprint density at radius 3 is 2.61 bits per heavy atom. The number of anilines is 3. The maximum Gasteiger partial charge on any atom is 0.412 e. The van der Waals surface area contributed by atoms with Gasteiger partial charge >= 0.3 is 12.2 Å². The Labute approximate surface area is 166 Å². The van der Waals surface area contributed by atoms with E-state index in [9.17, 15) is 19.8 Å². The molecule has 7 nitrogen and oxygen atoms in total. The van der Waals surface area contributed by atoms with Crippen molar-refractivity contribution in [1.82, 2.24) is 4.90 Å². The van der Waals surface area contributed by atoms with Crippen LogP contribution in [0.25, 0.3) is 0 Å². The van der Waals surface area contributed by atoms with Crippen LogP contribution in [0.3, 0.4) is 0 Å². The minimum atomic E-state index is -1.04. The number of piperidine rings is 1. The lowest BCUT2D eigenvalue weighted by molar-refractivity contribution is 0.127. The average molecular weight is 400 g/mol. The van der Waals surface area contributed by atoms with Crippen LogP contribution >= 0.6 is 11.6 Å². The van der Waals surface area contributed by atoms with Crippen LogP contribution in [-0.4, -0.2) is 46.4 Å². The highest BCUT2D eigenvalue weighted by molar-refractivity contribution is 6.31. The summed E-state index contributed by atoms with van der Waals surface area (Å²) in [4.78, 5) is 28.6. The highest BCUT2D eigenvalue weighted by atomic mass is 35.5. The molecular formula is C20H18ClN3O4. The molecule has 0 radical (unpaired) electrons. The SMILES string of the molecule is O=C(O)N1CCC2C(C1)c1cc(Cl)cc3c1N2c1ccccc1CN3C(=O)O. The zero-order valence-electron chi connectivity index (χ0n) is 14.9. The Morgan fingerprint density at radius 1 is 1.07 bits per heavy atom. The number of carboxylic acid groups (broad SMARTS) is 2. The Kier molecular flexibility index (Phi) is 3.71. The van der Waals surface area contributed by atoms with E-state index in [0.717, 1.165) is 22.5 Å². The second kappa shape index (κ2) is 6.04. The highest BCUT2D eigenvalue weighted by Gasteiger charge is 2.47. The van der Waals surface area contributed by atoms with Gasteiger partial charge in [-0.15, -0.1) is 0 Å². The fraction of sp³-hybridized carbons (Fsp3) is 0.300. The normalized spacial score (nSPS) is 22.2. The van der Waals surface area contributed by atoms with Crippen LogP contribution < -0.4 is 9.80 Å². The largest absolute Gasteiger partial charge is 0.465 e. The third-order valence-electron chi connectivity index (χ3n) is 6.00. The molecule has 2 amide bonds. The van der Waals surface area contributed by atoms with Gasteiger partial charge in [-0.1, -0.05) is 29.8 Å². The van der Waals surface area contributed by atoms with Gasteiger partial charge in [-0.05, 0) is 35.7 Å². The molecule has 3 aliphatic heterocycles. The summed E-state index contributed by atoms with van der Waals surface area (Å²) in [5.41, 5.74) is 4.21. The molecule has 8 heteroatoms. The van der Waals surface area contributed by atoms with Gasteiger partial charge in [-0.2, -0.15) is 0 Å². The van der Waals surface area contributed by atoms with Crippen molar-refractivity contribution in [3.63, 3.8) is 0 Å².